The summed E-state index contributed by atoms with van der Waals surface area (Å²) in [6.45, 7) is 1.90. The van der Waals surface area contributed by atoms with Gasteiger partial charge in [0, 0.05) is 18.9 Å². The summed E-state index contributed by atoms with van der Waals surface area (Å²) in [6.07, 6.45) is 11.9. The summed E-state index contributed by atoms with van der Waals surface area (Å²) in [5, 5.41) is 0. The summed E-state index contributed by atoms with van der Waals surface area (Å²) >= 11 is 0. The van der Waals surface area contributed by atoms with Crippen LogP contribution in [0.15, 0.2) is 47.4 Å². The molecule has 1 saturated carbocycles. The Hall–Kier alpha value is -2.07. The predicted molar refractivity (Wildman–Crippen MR) is 111 cm³/mol. The number of ether oxygens (including phenoxy) is 2. The summed E-state index contributed by atoms with van der Waals surface area (Å²) in [5.74, 6) is 1.59. The molecule has 4 rings (SSSR count). The average molecular weight is 382 g/mol. The molecule has 4 nitrogen and oxygen atoms in total. The van der Waals surface area contributed by atoms with Crippen molar-refractivity contribution < 1.29 is 9.47 Å². The van der Waals surface area contributed by atoms with Gasteiger partial charge < -0.3 is 14.0 Å². The van der Waals surface area contributed by atoms with E-state index in [1.165, 1.54) is 37.7 Å². The number of nitrogens with zero attached hydrogens (tertiary/aromatic N) is 1. The average Bonchev–Trinajstić information content (AvgIpc) is 3.24. The molecule has 2 fully saturated rings. The third-order valence-electron chi connectivity index (χ3n) is 6.11. The molecule has 0 amide bonds. The molecule has 0 bridgehead atoms. The van der Waals surface area contributed by atoms with Crippen LogP contribution in [0.3, 0.4) is 0 Å². The zero-order chi connectivity index (χ0) is 19.2. The van der Waals surface area contributed by atoms with Crippen LogP contribution in [0.4, 0.5) is 0 Å². The lowest BCUT2D eigenvalue weighted by atomic mass is 9.84. The Balaban J connectivity index is 1.26. The van der Waals surface area contributed by atoms with Gasteiger partial charge in [0.1, 0.15) is 12.4 Å². The number of benzene rings is 1. The van der Waals surface area contributed by atoms with Crippen molar-refractivity contribution in [1.82, 2.24) is 4.57 Å². The molecule has 1 atom stereocenters. The molecule has 1 aliphatic heterocycles. The first-order chi connectivity index (χ1) is 13.8. The van der Waals surface area contributed by atoms with Crippen molar-refractivity contribution in [2.75, 3.05) is 13.2 Å². The molecule has 0 spiro atoms. The quantitative estimate of drug-likeness (QED) is 0.698. The van der Waals surface area contributed by atoms with E-state index >= 15 is 0 Å². The monoisotopic (exact) mass is 381 g/mol. The van der Waals surface area contributed by atoms with Gasteiger partial charge in [-0.1, -0.05) is 31.4 Å². The SMILES string of the molecule is O=c1cc(CC2CCCO2)ccn1CCOc1ccc(C2CCCCC2)cc1. The first-order valence-corrected chi connectivity index (χ1v) is 10.8. The maximum Gasteiger partial charge on any atom is 0.250 e. The zero-order valence-electron chi connectivity index (χ0n) is 16.6. The molecule has 2 aliphatic rings. The van der Waals surface area contributed by atoms with E-state index in [0.717, 1.165) is 43.1 Å². The van der Waals surface area contributed by atoms with Crippen LogP contribution in [0.5, 0.6) is 5.75 Å². The Morgan fingerprint density at radius 1 is 1.00 bits per heavy atom. The molecule has 1 aliphatic carbocycles. The minimum atomic E-state index is 0.0340. The summed E-state index contributed by atoms with van der Waals surface area (Å²) in [6, 6.07) is 12.3. The summed E-state index contributed by atoms with van der Waals surface area (Å²) < 4.78 is 13.2. The lowest BCUT2D eigenvalue weighted by molar-refractivity contribution is 0.111. The molecule has 2 aromatic rings. The van der Waals surface area contributed by atoms with Gasteiger partial charge in [0.15, 0.2) is 0 Å². The highest BCUT2D eigenvalue weighted by Gasteiger charge is 2.16. The van der Waals surface area contributed by atoms with Crippen molar-refractivity contribution in [3.05, 3.63) is 64.1 Å². The Bertz CT molecular complexity index is 799. The van der Waals surface area contributed by atoms with Gasteiger partial charge in [-0.25, -0.2) is 0 Å². The third kappa shape index (κ3) is 5.05. The molecule has 1 unspecified atom stereocenters. The molecule has 1 aromatic heterocycles. The van der Waals surface area contributed by atoms with Gasteiger partial charge in [-0.2, -0.15) is 0 Å². The normalized spacial score (nSPS) is 20.4. The minimum Gasteiger partial charge on any atom is -0.492 e. The number of pyridine rings is 1. The van der Waals surface area contributed by atoms with Gasteiger partial charge in [-0.05, 0) is 67.3 Å². The molecule has 1 aromatic carbocycles. The molecular formula is C24H31NO3. The van der Waals surface area contributed by atoms with Crippen molar-refractivity contribution in [2.24, 2.45) is 0 Å². The highest BCUT2D eigenvalue weighted by molar-refractivity contribution is 5.29. The lowest BCUT2D eigenvalue weighted by Gasteiger charge is -2.22. The second kappa shape index (κ2) is 9.42. The Kier molecular flexibility index (Phi) is 6.48. The maximum absolute atomic E-state index is 12.3. The largest absolute Gasteiger partial charge is 0.492 e. The van der Waals surface area contributed by atoms with Crippen molar-refractivity contribution in [2.45, 2.75) is 69.9 Å². The van der Waals surface area contributed by atoms with E-state index in [-0.39, 0.29) is 11.7 Å². The Labute approximate surface area is 167 Å². The van der Waals surface area contributed by atoms with E-state index in [1.807, 2.05) is 12.3 Å². The van der Waals surface area contributed by atoms with E-state index in [9.17, 15) is 4.79 Å². The van der Waals surface area contributed by atoms with Crippen LogP contribution in [0.1, 0.15) is 62.0 Å². The predicted octanol–water partition coefficient (Wildman–Crippen LogP) is 4.70. The smallest absolute Gasteiger partial charge is 0.250 e. The van der Waals surface area contributed by atoms with Crippen LogP contribution in [-0.2, 0) is 17.7 Å². The van der Waals surface area contributed by atoms with E-state index < -0.39 is 0 Å². The molecule has 28 heavy (non-hydrogen) atoms. The topological polar surface area (TPSA) is 40.5 Å². The second-order valence-electron chi connectivity index (χ2n) is 8.16. The van der Waals surface area contributed by atoms with Gasteiger partial charge in [0.2, 0.25) is 0 Å². The Morgan fingerprint density at radius 2 is 1.82 bits per heavy atom. The van der Waals surface area contributed by atoms with Gasteiger partial charge >= 0.3 is 0 Å². The fourth-order valence-corrected chi connectivity index (χ4v) is 4.46. The van der Waals surface area contributed by atoms with Crippen LogP contribution in [0.2, 0.25) is 0 Å². The first-order valence-electron chi connectivity index (χ1n) is 10.8. The standard InChI is InChI=1S/C24H31NO3/c26-24-18-19(17-23-7-4-15-27-23)12-13-25(24)14-16-28-22-10-8-21(9-11-22)20-5-2-1-3-6-20/h8-13,18,20,23H,1-7,14-17H2. The Morgan fingerprint density at radius 3 is 2.54 bits per heavy atom. The third-order valence-corrected chi connectivity index (χ3v) is 6.11. The molecule has 0 radical (unpaired) electrons. The van der Waals surface area contributed by atoms with Crippen molar-refractivity contribution in [1.29, 1.82) is 0 Å². The highest BCUT2D eigenvalue weighted by atomic mass is 16.5. The van der Waals surface area contributed by atoms with Crippen LogP contribution in [0.25, 0.3) is 0 Å². The molecule has 4 heteroatoms. The van der Waals surface area contributed by atoms with Crippen LogP contribution in [0, 0.1) is 0 Å². The van der Waals surface area contributed by atoms with E-state index in [4.69, 9.17) is 9.47 Å². The summed E-state index contributed by atoms with van der Waals surface area (Å²) in [5.41, 5.74) is 2.53. The van der Waals surface area contributed by atoms with Gasteiger partial charge in [0.05, 0.1) is 12.6 Å². The first kappa shape index (κ1) is 19.3. The summed E-state index contributed by atoms with van der Waals surface area (Å²) in [4.78, 5) is 12.3. The van der Waals surface area contributed by atoms with Gasteiger partial charge in [-0.3, -0.25) is 4.79 Å². The van der Waals surface area contributed by atoms with Crippen LogP contribution >= 0.6 is 0 Å². The van der Waals surface area contributed by atoms with Gasteiger partial charge in [-0.15, -0.1) is 0 Å². The summed E-state index contributed by atoms with van der Waals surface area (Å²) in [7, 11) is 0. The van der Waals surface area contributed by atoms with Crippen molar-refractivity contribution >= 4 is 0 Å². The molecular weight excluding hydrogens is 350 g/mol. The van der Waals surface area contributed by atoms with Gasteiger partial charge in [0.25, 0.3) is 5.56 Å². The number of aromatic nitrogens is 1. The van der Waals surface area contributed by atoms with E-state index in [2.05, 4.69) is 24.3 Å². The van der Waals surface area contributed by atoms with Crippen LogP contribution in [-0.4, -0.2) is 23.9 Å². The molecule has 1 saturated heterocycles. The highest BCUT2D eigenvalue weighted by Crippen LogP contribution is 2.33. The molecule has 0 N–H and O–H groups in total. The lowest BCUT2D eigenvalue weighted by Crippen LogP contribution is -2.23. The van der Waals surface area contributed by atoms with E-state index in [0.29, 0.717) is 13.2 Å². The number of hydrogen-bond acceptors (Lipinski definition) is 3. The van der Waals surface area contributed by atoms with Crippen LogP contribution < -0.4 is 10.3 Å². The fraction of sp³-hybridized carbons (Fsp3) is 0.542. The van der Waals surface area contributed by atoms with E-state index in [1.54, 1.807) is 10.6 Å². The number of rotatable bonds is 7. The molecule has 2 heterocycles. The zero-order valence-corrected chi connectivity index (χ0v) is 16.6. The molecule has 150 valence electrons. The minimum absolute atomic E-state index is 0.0340. The second-order valence-corrected chi connectivity index (χ2v) is 8.16. The maximum atomic E-state index is 12.3. The van der Waals surface area contributed by atoms with Crippen molar-refractivity contribution in [3.63, 3.8) is 0 Å². The van der Waals surface area contributed by atoms with Crippen molar-refractivity contribution in [3.8, 4) is 5.75 Å². The number of hydrogen-bond donors (Lipinski definition) is 0. The fourth-order valence-electron chi connectivity index (χ4n) is 4.46.